The largest absolute Gasteiger partial charge is 0.352 e. The summed E-state index contributed by atoms with van der Waals surface area (Å²) in [6.45, 7) is 6.71. The molecule has 0 saturated carbocycles. The highest BCUT2D eigenvalue weighted by Gasteiger charge is 2.14. The zero-order chi connectivity index (χ0) is 18.5. The van der Waals surface area contributed by atoms with Crippen LogP contribution in [-0.4, -0.2) is 15.7 Å². The van der Waals surface area contributed by atoms with Crippen LogP contribution in [0.15, 0.2) is 54.6 Å². The van der Waals surface area contributed by atoms with Crippen LogP contribution in [0.4, 0.5) is 0 Å². The Kier molecular flexibility index (Phi) is 5.52. The summed E-state index contributed by atoms with van der Waals surface area (Å²) in [6, 6.07) is 18.2. The van der Waals surface area contributed by atoms with E-state index in [1.54, 1.807) is 0 Å². The highest BCUT2D eigenvalue weighted by atomic mass is 16.1. The third kappa shape index (κ3) is 4.02. The van der Waals surface area contributed by atoms with E-state index in [4.69, 9.17) is 0 Å². The van der Waals surface area contributed by atoms with Gasteiger partial charge in [-0.25, -0.2) is 4.68 Å². The van der Waals surface area contributed by atoms with E-state index in [1.165, 1.54) is 5.56 Å². The van der Waals surface area contributed by atoms with E-state index in [0.29, 0.717) is 19.4 Å². The normalized spacial score (nSPS) is 10.7. The zero-order valence-corrected chi connectivity index (χ0v) is 15.6. The van der Waals surface area contributed by atoms with Crippen molar-refractivity contribution >= 4 is 5.91 Å². The third-order valence-electron chi connectivity index (χ3n) is 4.78. The molecule has 0 fully saturated rings. The Morgan fingerprint density at radius 3 is 2.42 bits per heavy atom. The monoisotopic (exact) mass is 347 g/mol. The van der Waals surface area contributed by atoms with Gasteiger partial charge in [0.15, 0.2) is 0 Å². The molecule has 134 valence electrons. The molecule has 4 nitrogen and oxygen atoms in total. The van der Waals surface area contributed by atoms with E-state index in [-0.39, 0.29) is 5.91 Å². The smallest absolute Gasteiger partial charge is 0.220 e. The summed E-state index contributed by atoms with van der Waals surface area (Å²) >= 11 is 0. The first kappa shape index (κ1) is 17.9. The average molecular weight is 347 g/mol. The van der Waals surface area contributed by atoms with Gasteiger partial charge >= 0.3 is 0 Å². The van der Waals surface area contributed by atoms with Crippen LogP contribution in [0.5, 0.6) is 0 Å². The standard InChI is InChI=1S/C22H25N3O/c1-16-9-7-8-10-19(16)15-23-22(26)14-13-21-17(2)24-25(18(21)3)20-11-5-4-6-12-20/h4-12H,13-15H2,1-3H3,(H,23,26). The first-order valence-corrected chi connectivity index (χ1v) is 8.98. The van der Waals surface area contributed by atoms with Gasteiger partial charge in [0.25, 0.3) is 0 Å². The van der Waals surface area contributed by atoms with Crippen LogP contribution in [0, 0.1) is 20.8 Å². The number of rotatable bonds is 6. The number of para-hydroxylation sites is 1. The Morgan fingerprint density at radius 1 is 1.00 bits per heavy atom. The van der Waals surface area contributed by atoms with Gasteiger partial charge in [0, 0.05) is 18.7 Å². The Bertz CT molecular complexity index is 897. The lowest BCUT2D eigenvalue weighted by Gasteiger charge is -2.08. The quantitative estimate of drug-likeness (QED) is 0.731. The molecule has 0 atom stereocenters. The van der Waals surface area contributed by atoms with Crippen molar-refractivity contribution in [2.45, 2.75) is 40.2 Å². The van der Waals surface area contributed by atoms with E-state index >= 15 is 0 Å². The average Bonchev–Trinajstić information content (AvgIpc) is 2.94. The molecular formula is C22H25N3O. The van der Waals surface area contributed by atoms with Crippen LogP contribution in [-0.2, 0) is 17.8 Å². The van der Waals surface area contributed by atoms with E-state index < -0.39 is 0 Å². The van der Waals surface area contributed by atoms with Crippen LogP contribution in [0.3, 0.4) is 0 Å². The summed E-state index contributed by atoms with van der Waals surface area (Å²) in [4.78, 5) is 12.3. The number of aryl methyl sites for hydroxylation is 2. The lowest BCUT2D eigenvalue weighted by atomic mass is 10.1. The molecule has 1 N–H and O–H groups in total. The third-order valence-corrected chi connectivity index (χ3v) is 4.78. The Balaban J connectivity index is 1.62. The minimum Gasteiger partial charge on any atom is -0.352 e. The van der Waals surface area contributed by atoms with Crippen LogP contribution >= 0.6 is 0 Å². The maximum absolute atomic E-state index is 12.3. The highest BCUT2D eigenvalue weighted by Crippen LogP contribution is 2.19. The summed E-state index contributed by atoms with van der Waals surface area (Å²) in [5.74, 6) is 0.0690. The number of carbonyl (C=O) groups is 1. The fourth-order valence-electron chi connectivity index (χ4n) is 3.19. The molecule has 1 aromatic heterocycles. The molecular weight excluding hydrogens is 322 g/mol. The minimum absolute atomic E-state index is 0.0690. The van der Waals surface area contributed by atoms with Gasteiger partial charge in [-0.05, 0) is 56.0 Å². The van der Waals surface area contributed by atoms with Crippen molar-refractivity contribution in [1.82, 2.24) is 15.1 Å². The van der Waals surface area contributed by atoms with Gasteiger partial charge in [-0.2, -0.15) is 5.10 Å². The van der Waals surface area contributed by atoms with E-state index in [1.807, 2.05) is 60.1 Å². The molecule has 2 aromatic carbocycles. The summed E-state index contributed by atoms with van der Waals surface area (Å²) in [5, 5.41) is 7.67. The number of benzene rings is 2. The van der Waals surface area contributed by atoms with Crippen LogP contribution in [0.1, 0.15) is 34.5 Å². The molecule has 26 heavy (non-hydrogen) atoms. The molecule has 3 rings (SSSR count). The number of nitrogens with zero attached hydrogens (tertiary/aromatic N) is 2. The van der Waals surface area contributed by atoms with Gasteiger partial charge in [0.2, 0.25) is 5.91 Å². The van der Waals surface area contributed by atoms with Gasteiger partial charge in [0.1, 0.15) is 0 Å². The number of amides is 1. The second kappa shape index (κ2) is 8.00. The second-order valence-electron chi connectivity index (χ2n) is 6.60. The first-order valence-electron chi connectivity index (χ1n) is 8.98. The molecule has 0 bridgehead atoms. The Morgan fingerprint density at radius 2 is 1.69 bits per heavy atom. The predicted octanol–water partition coefficient (Wildman–Crippen LogP) is 4.05. The first-order chi connectivity index (χ1) is 12.6. The highest BCUT2D eigenvalue weighted by molar-refractivity contribution is 5.76. The van der Waals surface area contributed by atoms with Crippen molar-refractivity contribution in [2.75, 3.05) is 0 Å². The van der Waals surface area contributed by atoms with Gasteiger partial charge < -0.3 is 5.32 Å². The van der Waals surface area contributed by atoms with E-state index in [0.717, 1.165) is 28.2 Å². The molecule has 0 saturated heterocycles. The Labute approximate surface area is 154 Å². The number of hydrogen-bond acceptors (Lipinski definition) is 2. The molecule has 3 aromatic rings. The topological polar surface area (TPSA) is 46.9 Å². The maximum atomic E-state index is 12.3. The van der Waals surface area contributed by atoms with Crippen molar-refractivity contribution in [1.29, 1.82) is 0 Å². The van der Waals surface area contributed by atoms with Crippen molar-refractivity contribution in [2.24, 2.45) is 0 Å². The number of carbonyl (C=O) groups excluding carboxylic acids is 1. The fraction of sp³-hybridized carbons (Fsp3) is 0.273. The van der Waals surface area contributed by atoms with E-state index in [9.17, 15) is 4.79 Å². The molecule has 0 aliphatic rings. The second-order valence-corrected chi connectivity index (χ2v) is 6.60. The van der Waals surface area contributed by atoms with Crippen molar-refractivity contribution < 1.29 is 4.79 Å². The number of hydrogen-bond donors (Lipinski definition) is 1. The van der Waals surface area contributed by atoms with Crippen LogP contribution in [0.2, 0.25) is 0 Å². The molecule has 1 amide bonds. The molecule has 0 unspecified atom stereocenters. The lowest BCUT2D eigenvalue weighted by Crippen LogP contribution is -2.23. The molecule has 4 heteroatoms. The maximum Gasteiger partial charge on any atom is 0.220 e. The molecule has 0 aliphatic carbocycles. The summed E-state index contributed by atoms with van der Waals surface area (Å²) in [5.41, 5.74) is 6.63. The van der Waals surface area contributed by atoms with E-state index in [2.05, 4.69) is 30.3 Å². The number of aromatic nitrogens is 2. The van der Waals surface area contributed by atoms with Crippen molar-refractivity contribution in [3.05, 3.63) is 82.7 Å². The van der Waals surface area contributed by atoms with Crippen LogP contribution in [0.25, 0.3) is 5.69 Å². The molecule has 0 spiro atoms. The SMILES string of the molecule is Cc1ccccc1CNC(=O)CCc1c(C)nn(-c2ccccc2)c1C. The van der Waals surface area contributed by atoms with Gasteiger partial charge in [-0.3, -0.25) is 4.79 Å². The predicted molar refractivity (Wildman–Crippen MR) is 104 cm³/mol. The minimum atomic E-state index is 0.0690. The fourth-order valence-corrected chi connectivity index (χ4v) is 3.19. The van der Waals surface area contributed by atoms with Crippen molar-refractivity contribution in [3.63, 3.8) is 0 Å². The summed E-state index contributed by atoms with van der Waals surface area (Å²) in [6.07, 6.45) is 1.16. The molecule has 0 aliphatic heterocycles. The van der Waals surface area contributed by atoms with Gasteiger partial charge in [0.05, 0.1) is 11.4 Å². The summed E-state index contributed by atoms with van der Waals surface area (Å²) < 4.78 is 1.95. The summed E-state index contributed by atoms with van der Waals surface area (Å²) in [7, 11) is 0. The van der Waals surface area contributed by atoms with Gasteiger partial charge in [-0.15, -0.1) is 0 Å². The van der Waals surface area contributed by atoms with Gasteiger partial charge in [-0.1, -0.05) is 42.5 Å². The molecule has 1 heterocycles. The van der Waals surface area contributed by atoms with Crippen LogP contribution < -0.4 is 5.32 Å². The lowest BCUT2D eigenvalue weighted by molar-refractivity contribution is -0.121. The Hall–Kier alpha value is -2.88. The molecule has 0 radical (unpaired) electrons. The number of nitrogens with one attached hydrogen (secondary N) is 1. The van der Waals surface area contributed by atoms with Crippen molar-refractivity contribution in [3.8, 4) is 5.69 Å². The zero-order valence-electron chi connectivity index (χ0n) is 15.6.